The lowest BCUT2D eigenvalue weighted by atomic mass is 10.2. The van der Waals surface area contributed by atoms with E-state index < -0.39 is 11.7 Å². The van der Waals surface area contributed by atoms with Gasteiger partial charge in [0.2, 0.25) is 0 Å². The highest BCUT2D eigenvalue weighted by Crippen LogP contribution is 2.30. The monoisotopic (exact) mass is 490 g/mol. The van der Waals surface area contributed by atoms with Crippen molar-refractivity contribution in [2.24, 2.45) is 0 Å². The topological polar surface area (TPSA) is 136 Å². The average Bonchev–Trinajstić information content (AvgIpc) is 3.24. The van der Waals surface area contributed by atoms with E-state index in [1.54, 1.807) is 40.1 Å². The predicted molar refractivity (Wildman–Crippen MR) is 133 cm³/mol. The summed E-state index contributed by atoms with van der Waals surface area (Å²) in [5.74, 6) is 0.539. The Bertz CT molecular complexity index is 1490. The minimum Gasteiger partial charge on any atom is -0.489 e. The maximum Gasteiger partial charge on any atom is 0.414 e. The van der Waals surface area contributed by atoms with E-state index in [-0.39, 0.29) is 24.2 Å². The molecule has 3 aromatic heterocycles. The Labute approximate surface area is 206 Å². The standard InChI is InChI=1S/C24H26N8O4/c1-13-12-35-19-11-26-29-16-7-6-14(8-15(16)19)28-20-9-17(31(5)23(34)36-24(2,3)4)21-25-10-18(22(33)27-13)32(21)30-20/h6-11,13H,12H2,1-5H3,(H,27,33)(H,28,30)/t13-/m1/s1. The molecule has 5 rings (SSSR count). The van der Waals surface area contributed by atoms with Gasteiger partial charge in [-0.25, -0.2) is 14.3 Å². The minimum absolute atomic E-state index is 0.207. The van der Waals surface area contributed by atoms with Crippen LogP contribution in [-0.4, -0.2) is 62.1 Å². The van der Waals surface area contributed by atoms with Crippen LogP contribution in [0.5, 0.6) is 5.75 Å². The van der Waals surface area contributed by atoms with Gasteiger partial charge < -0.3 is 20.1 Å². The number of aromatic nitrogens is 5. The van der Waals surface area contributed by atoms with Crippen LogP contribution in [0.4, 0.5) is 22.0 Å². The van der Waals surface area contributed by atoms with Crippen LogP contribution in [0.2, 0.25) is 0 Å². The number of nitrogens with zero attached hydrogens (tertiary/aromatic N) is 6. The van der Waals surface area contributed by atoms with Gasteiger partial charge in [-0.1, -0.05) is 0 Å². The van der Waals surface area contributed by atoms with E-state index >= 15 is 0 Å². The van der Waals surface area contributed by atoms with Gasteiger partial charge in [-0.05, 0) is 45.9 Å². The van der Waals surface area contributed by atoms with E-state index in [9.17, 15) is 9.59 Å². The van der Waals surface area contributed by atoms with Gasteiger partial charge in [0.1, 0.15) is 18.0 Å². The highest BCUT2D eigenvalue weighted by atomic mass is 16.6. The molecule has 4 aromatic rings. The summed E-state index contributed by atoms with van der Waals surface area (Å²) in [5, 5.41) is 19.7. The number of hydrogen-bond acceptors (Lipinski definition) is 9. The van der Waals surface area contributed by atoms with Crippen molar-refractivity contribution in [1.29, 1.82) is 0 Å². The zero-order valence-electron chi connectivity index (χ0n) is 20.6. The number of benzene rings is 1. The second-order valence-electron chi connectivity index (χ2n) is 9.58. The zero-order chi connectivity index (χ0) is 25.6. The van der Waals surface area contributed by atoms with Crippen LogP contribution in [0.25, 0.3) is 16.6 Å². The van der Waals surface area contributed by atoms with Crippen molar-refractivity contribution in [3.63, 3.8) is 0 Å². The van der Waals surface area contributed by atoms with Crippen LogP contribution in [0.1, 0.15) is 38.2 Å². The van der Waals surface area contributed by atoms with E-state index in [2.05, 4.69) is 30.9 Å². The molecular formula is C24H26N8O4. The van der Waals surface area contributed by atoms with Gasteiger partial charge in [0.15, 0.2) is 17.2 Å². The van der Waals surface area contributed by atoms with Gasteiger partial charge in [0.05, 0.1) is 29.6 Å². The summed E-state index contributed by atoms with van der Waals surface area (Å²) in [6, 6.07) is 6.88. The number of hydrogen-bond donors (Lipinski definition) is 2. The maximum atomic E-state index is 13.1. The molecule has 0 saturated heterocycles. The summed E-state index contributed by atoms with van der Waals surface area (Å²) in [5.41, 5.74) is 1.62. The summed E-state index contributed by atoms with van der Waals surface area (Å²) in [4.78, 5) is 31.7. The smallest absolute Gasteiger partial charge is 0.414 e. The van der Waals surface area contributed by atoms with Gasteiger partial charge in [0, 0.05) is 24.2 Å². The highest BCUT2D eigenvalue weighted by molar-refractivity contribution is 5.97. The Hall–Kier alpha value is -4.48. The van der Waals surface area contributed by atoms with Crippen molar-refractivity contribution in [3.8, 4) is 5.75 Å². The molecule has 0 saturated carbocycles. The van der Waals surface area contributed by atoms with Crippen LogP contribution in [0, 0.1) is 0 Å². The number of rotatable bonds is 1. The van der Waals surface area contributed by atoms with Gasteiger partial charge in [-0.15, -0.1) is 5.10 Å². The van der Waals surface area contributed by atoms with Gasteiger partial charge in [0.25, 0.3) is 5.91 Å². The molecule has 12 heteroatoms. The second kappa shape index (κ2) is 8.63. The number of anilines is 3. The average molecular weight is 491 g/mol. The number of carbonyl (C=O) groups excluding carboxylic acids is 2. The molecule has 1 aliphatic heterocycles. The van der Waals surface area contributed by atoms with Crippen molar-refractivity contribution in [1.82, 2.24) is 30.1 Å². The first kappa shape index (κ1) is 23.3. The Kier molecular flexibility index (Phi) is 5.58. The lowest BCUT2D eigenvalue weighted by Crippen LogP contribution is -2.37. The molecular weight excluding hydrogens is 464 g/mol. The van der Waals surface area contributed by atoms with E-state index in [1.165, 1.54) is 15.6 Å². The van der Waals surface area contributed by atoms with Crippen LogP contribution < -0.4 is 20.3 Å². The van der Waals surface area contributed by atoms with Crippen LogP contribution in [0.3, 0.4) is 0 Å². The quantitative estimate of drug-likeness (QED) is 0.412. The van der Waals surface area contributed by atoms with E-state index in [1.807, 2.05) is 25.1 Å². The van der Waals surface area contributed by atoms with Crippen molar-refractivity contribution in [2.75, 3.05) is 23.9 Å². The van der Waals surface area contributed by atoms with Crippen LogP contribution in [0.15, 0.2) is 36.7 Å². The van der Waals surface area contributed by atoms with E-state index in [4.69, 9.17) is 9.47 Å². The summed E-state index contributed by atoms with van der Waals surface area (Å²) in [7, 11) is 1.58. The number of amides is 2. The number of imidazole rings is 1. The van der Waals surface area contributed by atoms with Crippen molar-refractivity contribution in [2.45, 2.75) is 39.3 Å². The molecule has 0 spiro atoms. The fourth-order valence-electron chi connectivity index (χ4n) is 3.77. The Morgan fingerprint density at radius 2 is 2.06 bits per heavy atom. The van der Waals surface area contributed by atoms with Crippen molar-refractivity contribution < 1.29 is 19.1 Å². The summed E-state index contributed by atoms with van der Waals surface area (Å²) < 4.78 is 12.9. The van der Waals surface area contributed by atoms with Crippen molar-refractivity contribution in [3.05, 3.63) is 42.4 Å². The SMILES string of the molecule is C[C@@H]1COc2cnnc3ccc(cc23)Nc2cc(N(C)C(=O)OC(C)(C)C)c3ncc(n3n2)C(=O)N1. The van der Waals surface area contributed by atoms with Gasteiger partial charge >= 0.3 is 6.09 Å². The number of nitrogens with one attached hydrogen (secondary N) is 2. The molecule has 1 aromatic carbocycles. The summed E-state index contributed by atoms with van der Waals surface area (Å²) in [6.45, 7) is 7.42. The molecule has 12 nitrogen and oxygen atoms in total. The molecule has 2 N–H and O–H groups in total. The zero-order valence-corrected chi connectivity index (χ0v) is 20.6. The fraction of sp³-hybridized carbons (Fsp3) is 0.333. The molecule has 4 bridgehead atoms. The molecule has 0 radical (unpaired) electrons. The maximum absolute atomic E-state index is 13.1. The van der Waals surface area contributed by atoms with Crippen molar-refractivity contribution >= 4 is 45.7 Å². The molecule has 186 valence electrons. The molecule has 1 aliphatic rings. The molecule has 0 unspecified atom stereocenters. The minimum atomic E-state index is -0.687. The predicted octanol–water partition coefficient (Wildman–Crippen LogP) is 3.30. The van der Waals surface area contributed by atoms with Gasteiger partial charge in [-0.2, -0.15) is 10.2 Å². The molecule has 0 fully saturated rings. The molecule has 0 aliphatic carbocycles. The first-order chi connectivity index (χ1) is 17.1. The van der Waals surface area contributed by atoms with E-state index in [0.717, 1.165) is 5.39 Å². The molecule has 36 heavy (non-hydrogen) atoms. The normalized spacial score (nSPS) is 15.8. The Morgan fingerprint density at radius 3 is 2.83 bits per heavy atom. The number of fused-ring (bicyclic) bond motifs is 2. The first-order valence-electron chi connectivity index (χ1n) is 11.4. The van der Waals surface area contributed by atoms with E-state index in [0.29, 0.717) is 34.1 Å². The van der Waals surface area contributed by atoms with Crippen LogP contribution in [-0.2, 0) is 4.74 Å². The highest BCUT2D eigenvalue weighted by Gasteiger charge is 2.26. The second-order valence-corrected chi connectivity index (χ2v) is 9.58. The van der Waals surface area contributed by atoms with Crippen LogP contribution >= 0.6 is 0 Å². The Morgan fingerprint density at radius 1 is 1.25 bits per heavy atom. The lowest BCUT2D eigenvalue weighted by Gasteiger charge is -2.25. The fourth-order valence-corrected chi connectivity index (χ4v) is 3.77. The summed E-state index contributed by atoms with van der Waals surface area (Å²) >= 11 is 0. The summed E-state index contributed by atoms with van der Waals surface area (Å²) in [6.07, 6.45) is 2.40. The molecule has 1 atom stereocenters. The largest absolute Gasteiger partial charge is 0.489 e. The third kappa shape index (κ3) is 4.44. The first-order valence-corrected chi connectivity index (χ1v) is 11.4. The Balaban J connectivity index is 1.67. The molecule has 4 heterocycles. The third-order valence-corrected chi connectivity index (χ3v) is 5.45. The molecule has 2 amide bonds. The number of ether oxygens (including phenoxy) is 2. The third-order valence-electron chi connectivity index (χ3n) is 5.45. The van der Waals surface area contributed by atoms with Gasteiger partial charge in [-0.3, -0.25) is 9.69 Å². The number of carbonyl (C=O) groups is 2. The lowest BCUT2D eigenvalue weighted by molar-refractivity contribution is 0.0589.